The first-order valence-electron chi connectivity index (χ1n) is 8.33. The fourth-order valence-electron chi connectivity index (χ4n) is 3.48. The largest absolute Gasteiger partial charge is 0.314 e. The number of nitrogens with zero attached hydrogens (tertiary/aromatic N) is 5. The summed E-state index contributed by atoms with van der Waals surface area (Å²) in [5, 5.41) is 8.59. The molecule has 5 heteroatoms. The fraction of sp³-hybridized carbons (Fsp3) is 0.588. The van der Waals surface area contributed by atoms with Crippen molar-refractivity contribution in [2.45, 2.75) is 51.1 Å². The molecule has 2 fully saturated rings. The summed E-state index contributed by atoms with van der Waals surface area (Å²) in [6, 6.07) is 4.82. The van der Waals surface area contributed by atoms with Crippen LogP contribution in [-0.2, 0) is 6.54 Å². The third-order valence-corrected chi connectivity index (χ3v) is 4.90. The van der Waals surface area contributed by atoms with Crippen LogP contribution >= 0.6 is 0 Å². The van der Waals surface area contributed by atoms with Crippen LogP contribution in [0, 0.1) is 6.92 Å². The second-order valence-corrected chi connectivity index (χ2v) is 6.67. The molecule has 0 spiro atoms. The monoisotopic (exact) mass is 297 g/mol. The molecule has 116 valence electrons. The predicted molar refractivity (Wildman–Crippen MR) is 84.5 cm³/mol. The van der Waals surface area contributed by atoms with Crippen LogP contribution < -0.4 is 0 Å². The Kier molecular flexibility index (Phi) is 3.66. The summed E-state index contributed by atoms with van der Waals surface area (Å²) in [5.74, 6) is 1.71. The number of piperidine rings is 1. The van der Waals surface area contributed by atoms with E-state index in [0.717, 1.165) is 19.6 Å². The Hall–Kier alpha value is -1.75. The maximum Gasteiger partial charge on any atom is 0.137 e. The molecule has 0 bridgehead atoms. The van der Waals surface area contributed by atoms with Gasteiger partial charge in [0.05, 0.1) is 5.69 Å². The van der Waals surface area contributed by atoms with Gasteiger partial charge in [-0.3, -0.25) is 9.88 Å². The zero-order valence-corrected chi connectivity index (χ0v) is 13.1. The number of aryl methyl sites for hydroxylation is 1. The Labute approximate surface area is 131 Å². The van der Waals surface area contributed by atoms with Crippen LogP contribution in [0.3, 0.4) is 0 Å². The standard InChI is InChI=1S/C17H23N5/c1-13-4-2-8-18-16(13)11-21-9-3-5-14(10-21)17-20-19-12-22(17)15-6-7-15/h2,4,8,12,14-15H,3,5-7,9-11H2,1H3/t14-/m0/s1. The van der Waals surface area contributed by atoms with Gasteiger partial charge in [0.1, 0.15) is 12.2 Å². The molecule has 1 aliphatic carbocycles. The van der Waals surface area contributed by atoms with Gasteiger partial charge in [0.15, 0.2) is 0 Å². The van der Waals surface area contributed by atoms with E-state index in [1.807, 2.05) is 18.6 Å². The van der Waals surface area contributed by atoms with Crippen molar-refractivity contribution in [3.05, 3.63) is 41.7 Å². The molecular weight excluding hydrogens is 274 g/mol. The van der Waals surface area contributed by atoms with Crippen molar-refractivity contribution < 1.29 is 0 Å². The van der Waals surface area contributed by atoms with E-state index in [9.17, 15) is 0 Å². The van der Waals surface area contributed by atoms with Crippen LogP contribution in [0.1, 0.15) is 54.7 Å². The second kappa shape index (κ2) is 5.80. The molecule has 2 aliphatic rings. The van der Waals surface area contributed by atoms with Crippen LogP contribution in [0.4, 0.5) is 0 Å². The molecule has 0 radical (unpaired) electrons. The molecule has 4 rings (SSSR count). The Morgan fingerprint density at radius 3 is 3.00 bits per heavy atom. The van der Waals surface area contributed by atoms with Gasteiger partial charge in [0, 0.05) is 31.2 Å². The van der Waals surface area contributed by atoms with Gasteiger partial charge in [-0.25, -0.2) is 0 Å². The molecule has 1 saturated carbocycles. The summed E-state index contributed by atoms with van der Waals surface area (Å²) in [7, 11) is 0. The molecule has 0 aromatic carbocycles. The van der Waals surface area contributed by atoms with Crippen LogP contribution in [0.15, 0.2) is 24.7 Å². The maximum absolute atomic E-state index is 4.54. The lowest BCUT2D eigenvalue weighted by Gasteiger charge is -2.32. The third kappa shape index (κ3) is 2.77. The molecule has 0 amide bonds. The van der Waals surface area contributed by atoms with Gasteiger partial charge in [0.25, 0.3) is 0 Å². The highest BCUT2D eigenvalue weighted by molar-refractivity contribution is 5.17. The number of rotatable bonds is 4. The number of likely N-dealkylation sites (tertiary alicyclic amines) is 1. The number of aromatic nitrogens is 4. The third-order valence-electron chi connectivity index (χ3n) is 4.90. The minimum atomic E-state index is 0.515. The van der Waals surface area contributed by atoms with Crippen LogP contribution in [-0.4, -0.2) is 37.7 Å². The summed E-state index contributed by atoms with van der Waals surface area (Å²) in [4.78, 5) is 7.06. The van der Waals surface area contributed by atoms with Gasteiger partial charge < -0.3 is 4.57 Å². The highest BCUT2D eigenvalue weighted by Crippen LogP contribution is 2.38. The van der Waals surface area contributed by atoms with E-state index in [0.29, 0.717) is 12.0 Å². The van der Waals surface area contributed by atoms with Crippen molar-refractivity contribution in [2.24, 2.45) is 0 Å². The number of hydrogen-bond donors (Lipinski definition) is 0. The Morgan fingerprint density at radius 2 is 2.18 bits per heavy atom. The van der Waals surface area contributed by atoms with E-state index in [2.05, 4.69) is 37.6 Å². The normalized spacial score (nSPS) is 22.9. The molecule has 3 heterocycles. The second-order valence-electron chi connectivity index (χ2n) is 6.67. The van der Waals surface area contributed by atoms with Gasteiger partial charge in [-0.2, -0.15) is 0 Å². The Morgan fingerprint density at radius 1 is 1.27 bits per heavy atom. The van der Waals surface area contributed by atoms with Crippen molar-refractivity contribution in [2.75, 3.05) is 13.1 Å². The van der Waals surface area contributed by atoms with E-state index in [4.69, 9.17) is 0 Å². The molecule has 2 aromatic heterocycles. The van der Waals surface area contributed by atoms with E-state index in [1.165, 1.54) is 42.8 Å². The summed E-state index contributed by atoms with van der Waals surface area (Å²) in [5.41, 5.74) is 2.48. The lowest BCUT2D eigenvalue weighted by Crippen LogP contribution is -2.35. The molecule has 0 unspecified atom stereocenters. The summed E-state index contributed by atoms with van der Waals surface area (Å²) in [6.45, 7) is 5.32. The lowest BCUT2D eigenvalue weighted by molar-refractivity contribution is 0.192. The van der Waals surface area contributed by atoms with Crippen molar-refractivity contribution in [1.29, 1.82) is 0 Å². The number of pyridine rings is 1. The highest BCUT2D eigenvalue weighted by Gasteiger charge is 2.31. The molecule has 0 N–H and O–H groups in total. The van der Waals surface area contributed by atoms with E-state index >= 15 is 0 Å². The molecule has 22 heavy (non-hydrogen) atoms. The summed E-state index contributed by atoms with van der Waals surface area (Å²) >= 11 is 0. The average Bonchev–Trinajstić information content (AvgIpc) is 3.27. The van der Waals surface area contributed by atoms with E-state index in [1.54, 1.807) is 0 Å². The van der Waals surface area contributed by atoms with Crippen LogP contribution in [0.5, 0.6) is 0 Å². The fourth-order valence-corrected chi connectivity index (χ4v) is 3.48. The van der Waals surface area contributed by atoms with E-state index < -0.39 is 0 Å². The first kappa shape index (κ1) is 13.9. The maximum atomic E-state index is 4.54. The van der Waals surface area contributed by atoms with Gasteiger partial charge in [-0.1, -0.05) is 6.07 Å². The van der Waals surface area contributed by atoms with Crippen LogP contribution in [0.2, 0.25) is 0 Å². The Bertz CT molecular complexity index is 646. The molecule has 1 atom stereocenters. The van der Waals surface area contributed by atoms with E-state index in [-0.39, 0.29) is 0 Å². The first-order chi connectivity index (χ1) is 10.8. The molecular formula is C17H23N5. The first-order valence-corrected chi connectivity index (χ1v) is 8.33. The molecule has 1 saturated heterocycles. The summed E-state index contributed by atoms with van der Waals surface area (Å²) < 4.78 is 2.32. The SMILES string of the molecule is Cc1cccnc1CN1CCC[C@H](c2nncn2C2CC2)C1. The van der Waals surface area contributed by atoms with Crippen molar-refractivity contribution in [3.63, 3.8) is 0 Å². The Balaban J connectivity index is 1.47. The van der Waals surface area contributed by atoms with Gasteiger partial charge >= 0.3 is 0 Å². The quantitative estimate of drug-likeness (QED) is 0.870. The predicted octanol–water partition coefficient (Wildman–Crippen LogP) is 2.70. The minimum absolute atomic E-state index is 0.515. The van der Waals surface area contributed by atoms with Crippen LogP contribution in [0.25, 0.3) is 0 Å². The van der Waals surface area contributed by atoms with Gasteiger partial charge in [-0.05, 0) is 50.8 Å². The van der Waals surface area contributed by atoms with Crippen molar-refractivity contribution in [1.82, 2.24) is 24.6 Å². The minimum Gasteiger partial charge on any atom is -0.314 e. The topological polar surface area (TPSA) is 46.8 Å². The zero-order chi connectivity index (χ0) is 14.9. The lowest BCUT2D eigenvalue weighted by atomic mass is 9.96. The van der Waals surface area contributed by atoms with Gasteiger partial charge in [0.2, 0.25) is 0 Å². The average molecular weight is 297 g/mol. The molecule has 1 aliphatic heterocycles. The van der Waals surface area contributed by atoms with Gasteiger partial charge in [-0.15, -0.1) is 10.2 Å². The zero-order valence-electron chi connectivity index (χ0n) is 13.1. The molecule has 2 aromatic rings. The number of hydrogen-bond acceptors (Lipinski definition) is 4. The highest BCUT2D eigenvalue weighted by atomic mass is 15.3. The smallest absolute Gasteiger partial charge is 0.137 e. The van der Waals surface area contributed by atoms with Crippen molar-refractivity contribution in [3.8, 4) is 0 Å². The van der Waals surface area contributed by atoms with Crippen molar-refractivity contribution >= 4 is 0 Å². The summed E-state index contributed by atoms with van der Waals surface area (Å²) in [6.07, 6.45) is 8.85. The molecule has 5 nitrogen and oxygen atoms in total.